The van der Waals surface area contributed by atoms with E-state index in [0.717, 1.165) is 19.3 Å². The lowest BCUT2D eigenvalue weighted by molar-refractivity contribution is 0.110. The molecule has 0 N–H and O–H groups in total. The summed E-state index contributed by atoms with van der Waals surface area (Å²) in [4.78, 5) is 4.80. The predicted octanol–water partition coefficient (Wildman–Crippen LogP) is 4.55. The van der Waals surface area contributed by atoms with E-state index in [1.54, 1.807) is 0 Å². The van der Waals surface area contributed by atoms with Gasteiger partial charge in [0.2, 0.25) is 0 Å². The van der Waals surface area contributed by atoms with Crippen LogP contribution in [0, 0.1) is 5.41 Å². The van der Waals surface area contributed by atoms with Crippen LogP contribution in [0.2, 0.25) is 0 Å². The summed E-state index contributed by atoms with van der Waals surface area (Å²) in [5.74, 6) is 0. The molecule has 0 aromatic carbocycles. The van der Waals surface area contributed by atoms with Crippen LogP contribution in [0.15, 0.2) is 28.8 Å². The average Bonchev–Trinajstić information content (AvgIpc) is 2.28. The van der Waals surface area contributed by atoms with Crippen LogP contribution >= 0.6 is 0 Å². The third kappa shape index (κ3) is 1.41. The lowest BCUT2D eigenvalue weighted by Crippen LogP contribution is -2.57. The number of aliphatic imine (C=N–C) groups is 1. The summed E-state index contributed by atoms with van der Waals surface area (Å²) in [7, 11) is 0. The van der Waals surface area contributed by atoms with Crippen molar-refractivity contribution < 1.29 is 0 Å². The molecule has 0 radical (unpaired) electrons. The second-order valence-electron chi connectivity index (χ2n) is 4.78. The molecule has 0 bridgehead atoms. The maximum absolute atomic E-state index is 4.80. The molecule has 90 valence electrons. The highest BCUT2D eigenvalue weighted by Crippen LogP contribution is 2.63. The smallest absolute Gasteiger partial charge is 0.0768 e. The quantitative estimate of drug-likeness (QED) is 0.486. The molecular weight excluding hydrogens is 194 g/mol. The van der Waals surface area contributed by atoms with Crippen molar-refractivity contribution in [1.82, 2.24) is 0 Å². The molecule has 2 atom stereocenters. The van der Waals surface area contributed by atoms with Gasteiger partial charge in [-0.1, -0.05) is 37.6 Å². The van der Waals surface area contributed by atoms with Crippen LogP contribution < -0.4 is 0 Å². The number of allylic oxidation sites excluding steroid dienone is 1. The van der Waals surface area contributed by atoms with Crippen molar-refractivity contribution in [2.75, 3.05) is 0 Å². The summed E-state index contributed by atoms with van der Waals surface area (Å²) < 4.78 is 0. The van der Waals surface area contributed by atoms with E-state index >= 15 is 0 Å². The van der Waals surface area contributed by atoms with Gasteiger partial charge in [0.25, 0.3) is 0 Å². The first-order valence-electron chi connectivity index (χ1n) is 6.36. The van der Waals surface area contributed by atoms with Gasteiger partial charge in [-0.2, -0.15) is 0 Å². The molecule has 0 saturated heterocycles. The van der Waals surface area contributed by atoms with Gasteiger partial charge in [0.15, 0.2) is 0 Å². The molecular formula is C15H25N. The summed E-state index contributed by atoms with van der Waals surface area (Å²) in [6.45, 7) is 15.1. The maximum atomic E-state index is 4.80. The first-order chi connectivity index (χ1) is 7.54. The molecule has 1 aliphatic carbocycles. The van der Waals surface area contributed by atoms with Crippen molar-refractivity contribution in [2.24, 2.45) is 10.4 Å². The Morgan fingerprint density at radius 1 is 1.38 bits per heavy atom. The van der Waals surface area contributed by atoms with Crippen molar-refractivity contribution in [2.45, 2.75) is 59.4 Å². The van der Waals surface area contributed by atoms with E-state index in [2.05, 4.69) is 40.3 Å². The zero-order valence-electron chi connectivity index (χ0n) is 11.4. The summed E-state index contributed by atoms with van der Waals surface area (Å²) >= 11 is 0. The first kappa shape index (κ1) is 13.2. The van der Waals surface area contributed by atoms with Gasteiger partial charge < -0.3 is 0 Å². The van der Waals surface area contributed by atoms with E-state index in [-0.39, 0.29) is 11.0 Å². The van der Waals surface area contributed by atoms with Gasteiger partial charge in [0.05, 0.1) is 5.54 Å². The third-order valence-corrected chi connectivity index (χ3v) is 4.50. The van der Waals surface area contributed by atoms with Gasteiger partial charge in [-0.25, -0.2) is 0 Å². The summed E-state index contributed by atoms with van der Waals surface area (Å²) in [5.41, 5.74) is 2.98. The van der Waals surface area contributed by atoms with Gasteiger partial charge in [-0.05, 0) is 46.2 Å². The van der Waals surface area contributed by atoms with Crippen LogP contribution in [0.5, 0.6) is 0 Å². The fraction of sp³-hybridized carbons (Fsp3) is 0.667. The second-order valence-corrected chi connectivity index (χ2v) is 4.78. The van der Waals surface area contributed by atoms with Gasteiger partial charge in [-0.15, -0.1) is 0 Å². The molecule has 1 fully saturated rings. The zero-order valence-corrected chi connectivity index (χ0v) is 11.4. The molecule has 0 heterocycles. The highest BCUT2D eigenvalue weighted by atomic mass is 14.9. The maximum Gasteiger partial charge on any atom is 0.0768 e. The SMILES string of the molecule is C=C1CC(CC)(N=CC)C1(CC)C(C)=CC. The normalized spacial score (nSPS) is 35.6. The molecule has 1 heteroatoms. The Labute approximate surface area is 100 Å². The van der Waals surface area contributed by atoms with E-state index < -0.39 is 0 Å². The molecule has 1 rings (SSSR count). The van der Waals surface area contributed by atoms with Gasteiger partial charge in [-0.3, -0.25) is 4.99 Å². The summed E-state index contributed by atoms with van der Waals surface area (Å²) in [6.07, 6.45) is 7.43. The molecule has 0 aliphatic heterocycles. The molecule has 1 aliphatic rings. The lowest BCUT2D eigenvalue weighted by atomic mass is 9.47. The molecule has 2 unspecified atom stereocenters. The van der Waals surface area contributed by atoms with Crippen LogP contribution in [0.4, 0.5) is 0 Å². The standard InChI is InChI=1S/C15H25N/c1-7-12(5)15(9-3)13(6)11-14(15,8-2)16-10-4/h7,10H,6,8-9,11H2,1-5H3. The number of rotatable bonds is 4. The Hall–Kier alpha value is -0.850. The molecule has 0 aromatic heterocycles. The highest BCUT2D eigenvalue weighted by molar-refractivity contribution is 5.57. The second kappa shape index (κ2) is 4.57. The minimum absolute atomic E-state index is 0.0736. The van der Waals surface area contributed by atoms with Gasteiger partial charge >= 0.3 is 0 Å². The number of hydrogen-bond donors (Lipinski definition) is 0. The number of nitrogens with zero attached hydrogens (tertiary/aromatic N) is 1. The van der Waals surface area contributed by atoms with Crippen molar-refractivity contribution in [3.05, 3.63) is 23.8 Å². The largest absolute Gasteiger partial charge is 0.290 e. The van der Waals surface area contributed by atoms with Crippen molar-refractivity contribution in [1.29, 1.82) is 0 Å². The van der Waals surface area contributed by atoms with Crippen LogP contribution in [0.25, 0.3) is 0 Å². The van der Waals surface area contributed by atoms with Crippen LogP contribution in [-0.2, 0) is 0 Å². The fourth-order valence-corrected chi connectivity index (χ4v) is 3.55. The van der Waals surface area contributed by atoms with E-state index in [4.69, 9.17) is 4.99 Å². The van der Waals surface area contributed by atoms with Crippen molar-refractivity contribution >= 4 is 6.21 Å². The van der Waals surface area contributed by atoms with Gasteiger partial charge in [0.1, 0.15) is 0 Å². The molecule has 16 heavy (non-hydrogen) atoms. The molecule has 0 aromatic rings. The average molecular weight is 219 g/mol. The van der Waals surface area contributed by atoms with Crippen LogP contribution in [0.3, 0.4) is 0 Å². The molecule has 1 saturated carbocycles. The lowest BCUT2D eigenvalue weighted by Gasteiger charge is -2.59. The predicted molar refractivity (Wildman–Crippen MR) is 73.1 cm³/mol. The minimum Gasteiger partial charge on any atom is -0.290 e. The Morgan fingerprint density at radius 2 is 2.00 bits per heavy atom. The Balaban J connectivity index is 3.29. The molecule has 0 amide bonds. The zero-order chi connectivity index (χ0) is 12.4. The Morgan fingerprint density at radius 3 is 2.31 bits per heavy atom. The summed E-state index contributed by atoms with van der Waals surface area (Å²) in [6, 6.07) is 0. The van der Waals surface area contributed by atoms with E-state index in [1.165, 1.54) is 11.1 Å². The minimum atomic E-state index is 0.0736. The Kier molecular flexibility index (Phi) is 3.77. The monoisotopic (exact) mass is 219 g/mol. The van der Waals surface area contributed by atoms with Crippen molar-refractivity contribution in [3.8, 4) is 0 Å². The molecule has 0 spiro atoms. The van der Waals surface area contributed by atoms with Crippen LogP contribution in [-0.4, -0.2) is 11.8 Å². The topological polar surface area (TPSA) is 12.4 Å². The Bertz CT molecular complexity index is 337. The van der Waals surface area contributed by atoms with Gasteiger partial charge in [0, 0.05) is 5.41 Å². The van der Waals surface area contributed by atoms with E-state index in [9.17, 15) is 0 Å². The first-order valence-corrected chi connectivity index (χ1v) is 6.36. The molecule has 1 nitrogen and oxygen atoms in total. The highest BCUT2D eigenvalue weighted by Gasteiger charge is 2.60. The van der Waals surface area contributed by atoms with Crippen molar-refractivity contribution in [3.63, 3.8) is 0 Å². The van der Waals surface area contributed by atoms with Crippen LogP contribution in [0.1, 0.15) is 53.9 Å². The van der Waals surface area contributed by atoms with E-state index in [0.29, 0.717) is 0 Å². The number of hydrogen-bond acceptors (Lipinski definition) is 1. The third-order valence-electron chi connectivity index (χ3n) is 4.50. The summed E-state index contributed by atoms with van der Waals surface area (Å²) in [5, 5.41) is 0. The fourth-order valence-electron chi connectivity index (χ4n) is 3.55. The van der Waals surface area contributed by atoms with E-state index in [1.807, 2.05) is 13.1 Å².